The molecule has 1 saturated heterocycles. The molecule has 6 nitrogen and oxygen atoms in total. The molecule has 0 aromatic heterocycles. The van der Waals surface area contributed by atoms with E-state index in [-0.39, 0.29) is 5.91 Å². The smallest absolute Gasteiger partial charge is 0.221 e. The Labute approximate surface area is 175 Å². The highest BCUT2D eigenvalue weighted by Gasteiger charge is 2.26. The number of nitrogens with zero attached hydrogens (tertiary/aromatic N) is 2. The molecule has 1 amide bonds. The second kappa shape index (κ2) is 11.2. The van der Waals surface area contributed by atoms with Crippen LogP contribution in [0.25, 0.3) is 0 Å². The lowest BCUT2D eigenvalue weighted by atomic mass is 9.97. The molecular weight excluding hydrogens is 362 g/mol. The van der Waals surface area contributed by atoms with Gasteiger partial charge in [-0.15, -0.1) is 0 Å². The first-order valence-corrected chi connectivity index (χ1v) is 11.2. The molecule has 29 heavy (non-hydrogen) atoms. The van der Waals surface area contributed by atoms with Crippen molar-refractivity contribution >= 4 is 11.9 Å². The molecule has 1 heterocycles. The molecule has 0 radical (unpaired) electrons. The number of carbonyl (C=O) groups excluding carboxylic acids is 1. The maximum absolute atomic E-state index is 12.1. The van der Waals surface area contributed by atoms with Gasteiger partial charge in [0, 0.05) is 51.2 Å². The molecule has 1 aliphatic carbocycles. The van der Waals surface area contributed by atoms with E-state index in [4.69, 9.17) is 0 Å². The predicted octanol–water partition coefficient (Wildman–Crippen LogP) is 2.65. The SMILES string of the molecule is CN=C(NCCC(=O)NC1CCCC1)NC1CCN(Cc2ccccc2)C(C)C1. The summed E-state index contributed by atoms with van der Waals surface area (Å²) in [5.74, 6) is 0.940. The molecule has 2 fully saturated rings. The molecule has 1 aromatic carbocycles. The van der Waals surface area contributed by atoms with E-state index in [2.05, 4.69) is 63.1 Å². The zero-order valence-electron chi connectivity index (χ0n) is 18.0. The summed E-state index contributed by atoms with van der Waals surface area (Å²) in [6.07, 6.45) is 7.41. The Morgan fingerprint density at radius 1 is 1.10 bits per heavy atom. The molecule has 1 aromatic rings. The quantitative estimate of drug-likeness (QED) is 0.487. The van der Waals surface area contributed by atoms with Crippen LogP contribution in [0, 0.1) is 0 Å². The molecule has 160 valence electrons. The third-order valence-corrected chi connectivity index (χ3v) is 6.17. The van der Waals surface area contributed by atoms with Crippen molar-refractivity contribution in [2.75, 3.05) is 20.1 Å². The van der Waals surface area contributed by atoms with E-state index < -0.39 is 0 Å². The minimum absolute atomic E-state index is 0.141. The first-order chi connectivity index (χ1) is 14.1. The Hall–Kier alpha value is -2.08. The minimum atomic E-state index is 0.141. The molecule has 2 atom stereocenters. The number of hydrogen-bond donors (Lipinski definition) is 3. The second-order valence-corrected chi connectivity index (χ2v) is 8.47. The van der Waals surface area contributed by atoms with Gasteiger partial charge in [-0.25, -0.2) is 0 Å². The molecule has 2 unspecified atom stereocenters. The Kier molecular flexibility index (Phi) is 8.35. The van der Waals surface area contributed by atoms with Crippen molar-refractivity contribution in [2.24, 2.45) is 4.99 Å². The van der Waals surface area contributed by atoms with E-state index in [9.17, 15) is 4.79 Å². The Morgan fingerprint density at radius 2 is 1.86 bits per heavy atom. The monoisotopic (exact) mass is 399 g/mol. The summed E-state index contributed by atoms with van der Waals surface area (Å²) in [5.41, 5.74) is 1.37. The summed E-state index contributed by atoms with van der Waals surface area (Å²) >= 11 is 0. The topological polar surface area (TPSA) is 68.8 Å². The van der Waals surface area contributed by atoms with E-state index in [0.717, 1.165) is 44.7 Å². The molecular formula is C23H37N5O. The standard InChI is InChI=1S/C23H37N5O/c1-18-16-21(13-15-28(18)17-19-8-4-3-5-9-19)27-23(24-2)25-14-12-22(29)26-20-10-6-7-11-20/h3-5,8-9,18,20-21H,6-7,10-17H2,1-2H3,(H,26,29)(H2,24,25,27). The van der Waals surface area contributed by atoms with Crippen LogP contribution >= 0.6 is 0 Å². The molecule has 2 aliphatic rings. The Morgan fingerprint density at radius 3 is 2.55 bits per heavy atom. The fourth-order valence-corrected chi connectivity index (χ4v) is 4.46. The summed E-state index contributed by atoms with van der Waals surface area (Å²) in [7, 11) is 1.79. The molecule has 1 aliphatic heterocycles. The maximum Gasteiger partial charge on any atom is 0.221 e. The lowest BCUT2D eigenvalue weighted by Crippen LogP contribution is -2.51. The van der Waals surface area contributed by atoms with E-state index in [1.807, 2.05) is 0 Å². The Bertz CT molecular complexity index is 656. The first-order valence-electron chi connectivity index (χ1n) is 11.2. The number of rotatable bonds is 7. The van der Waals surface area contributed by atoms with Gasteiger partial charge in [-0.1, -0.05) is 43.2 Å². The van der Waals surface area contributed by atoms with Crippen molar-refractivity contribution in [3.05, 3.63) is 35.9 Å². The normalized spacial score (nSPS) is 23.7. The number of benzene rings is 1. The number of guanidine groups is 1. The average Bonchev–Trinajstić information content (AvgIpc) is 3.23. The van der Waals surface area contributed by atoms with Gasteiger partial charge >= 0.3 is 0 Å². The van der Waals surface area contributed by atoms with Crippen molar-refractivity contribution in [1.82, 2.24) is 20.9 Å². The van der Waals surface area contributed by atoms with Crippen LogP contribution in [0.15, 0.2) is 35.3 Å². The van der Waals surface area contributed by atoms with Gasteiger partial charge in [0.25, 0.3) is 0 Å². The van der Waals surface area contributed by atoms with Crippen molar-refractivity contribution in [3.63, 3.8) is 0 Å². The van der Waals surface area contributed by atoms with E-state index in [1.54, 1.807) is 7.05 Å². The summed E-state index contributed by atoms with van der Waals surface area (Å²) in [6.45, 7) is 5.01. The van der Waals surface area contributed by atoms with Gasteiger partial charge in [-0.05, 0) is 38.2 Å². The number of amides is 1. The zero-order valence-corrected chi connectivity index (χ0v) is 18.0. The minimum Gasteiger partial charge on any atom is -0.356 e. The van der Waals surface area contributed by atoms with Gasteiger partial charge in [0.1, 0.15) is 0 Å². The zero-order chi connectivity index (χ0) is 20.5. The average molecular weight is 400 g/mol. The van der Waals surface area contributed by atoms with E-state index in [0.29, 0.717) is 31.1 Å². The van der Waals surface area contributed by atoms with Crippen molar-refractivity contribution in [3.8, 4) is 0 Å². The highest BCUT2D eigenvalue weighted by atomic mass is 16.1. The summed E-state index contributed by atoms with van der Waals surface area (Å²) < 4.78 is 0. The fourth-order valence-electron chi connectivity index (χ4n) is 4.46. The summed E-state index contributed by atoms with van der Waals surface area (Å²) in [6, 6.07) is 12.0. The van der Waals surface area contributed by atoms with Gasteiger partial charge in [0.2, 0.25) is 5.91 Å². The van der Waals surface area contributed by atoms with Gasteiger partial charge in [-0.3, -0.25) is 14.7 Å². The number of likely N-dealkylation sites (tertiary alicyclic amines) is 1. The molecule has 3 N–H and O–H groups in total. The highest BCUT2D eigenvalue weighted by molar-refractivity contribution is 5.81. The molecule has 0 bridgehead atoms. The van der Waals surface area contributed by atoms with Gasteiger partial charge in [0.05, 0.1) is 0 Å². The van der Waals surface area contributed by atoms with Crippen LogP contribution in [0.3, 0.4) is 0 Å². The van der Waals surface area contributed by atoms with Gasteiger partial charge in [0.15, 0.2) is 5.96 Å². The number of carbonyl (C=O) groups is 1. The molecule has 6 heteroatoms. The fraction of sp³-hybridized carbons (Fsp3) is 0.652. The van der Waals surface area contributed by atoms with Gasteiger partial charge < -0.3 is 16.0 Å². The van der Waals surface area contributed by atoms with Crippen LogP contribution in [0.5, 0.6) is 0 Å². The van der Waals surface area contributed by atoms with Crippen molar-refractivity contribution in [1.29, 1.82) is 0 Å². The van der Waals surface area contributed by atoms with E-state index >= 15 is 0 Å². The third kappa shape index (κ3) is 7.03. The molecule has 3 rings (SSSR count). The van der Waals surface area contributed by atoms with Crippen LogP contribution in [0.4, 0.5) is 0 Å². The van der Waals surface area contributed by atoms with Gasteiger partial charge in [-0.2, -0.15) is 0 Å². The van der Waals surface area contributed by atoms with Crippen LogP contribution in [0.1, 0.15) is 57.4 Å². The number of hydrogen-bond acceptors (Lipinski definition) is 3. The van der Waals surface area contributed by atoms with Crippen LogP contribution < -0.4 is 16.0 Å². The molecule has 1 saturated carbocycles. The lowest BCUT2D eigenvalue weighted by molar-refractivity contribution is -0.121. The third-order valence-electron chi connectivity index (χ3n) is 6.17. The number of nitrogens with one attached hydrogen (secondary N) is 3. The first kappa shape index (κ1) is 21.6. The maximum atomic E-state index is 12.1. The van der Waals surface area contributed by atoms with Crippen molar-refractivity contribution in [2.45, 2.75) is 76.5 Å². The van der Waals surface area contributed by atoms with Crippen LogP contribution in [0.2, 0.25) is 0 Å². The number of piperidine rings is 1. The Balaban J connectivity index is 1.36. The largest absolute Gasteiger partial charge is 0.356 e. The van der Waals surface area contributed by atoms with E-state index in [1.165, 1.54) is 18.4 Å². The van der Waals surface area contributed by atoms with Crippen LogP contribution in [-0.2, 0) is 11.3 Å². The molecule has 0 spiro atoms. The number of aliphatic imine (C=N–C) groups is 1. The van der Waals surface area contributed by atoms with Crippen LogP contribution in [-0.4, -0.2) is 55.0 Å². The van der Waals surface area contributed by atoms with Crippen molar-refractivity contribution < 1.29 is 4.79 Å². The predicted molar refractivity (Wildman–Crippen MR) is 119 cm³/mol. The summed E-state index contributed by atoms with van der Waals surface area (Å²) in [5, 5.41) is 9.99. The summed E-state index contributed by atoms with van der Waals surface area (Å²) in [4.78, 5) is 19.0. The second-order valence-electron chi connectivity index (χ2n) is 8.47. The lowest BCUT2D eigenvalue weighted by Gasteiger charge is -2.38. The highest BCUT2D eigenvalue weighted by Crippen LogP contribution is 2.20.